The number of rotatable bonds is 8. The van der Waals surface area contributed by atoms with E-state index in [2.05, 4.69) is 47.3 Å². The number of thioether (sulfide) groups is 1. The third-order valence-corrected chi connectivity index (χ3v) is 8.99. The Hall–Kier alpha value is -1.42. The number of amides is 1. The van der Waals surface area contributed by atoms with Gasteiger partial charge in [0.05, 0.1) is 23.8 Å². The van der Waals surface area contributed by atoms with Crippen LogP contribution in [0.4, 0.5) is 0 Å². The van der Waals surface area contributed by atoms with Gasteiger partial charge in [-0.2, -0.15) is 0 Å². The first-order valence-corrected chi connectivity index (χ1v) is 13.4. The van der Waals surface area contributed by atoms with Crippen molar-refractivity contribution >= 4 is 29.0 Å². The summed E-state index contributed by atoms with van der Waals surface area (Å²) < 4.78 is 7.46. The van der Waals surface area contributed by atoms with Crippen molar-refractivity contribution < 1.29 is 9.53 Å². The average molecular weight is 478 g/mol. The Labute approximate surface area is 199 Å². The number of thiophene rings is 1. The first-order chi connectivity index (χ1) is 15.4. The van der Waals surface area contributed by atoms with Gasteiger partial charge in [-0.3, -0.25) is 9.69 Å². The predicted octanol–water partition coefficient (Wildman–Crippen LogP) is 3.38. The van der Waals surface area contributed by atoms with Crippen molar-refractivity contribution in [2.45, 2.75) is 57.1 Å². The molecule has 176 valence electrons. The molecule has 1 aliphatic heterocycles. The molecule has 0 bridgehead atoms. The number of ether oxygens (including phenoxy) is 1. The van der Waals surface area contributed by atoms with Crippen LogP contribution in [0.1, 0.15) is 44.1 Å². The van der Waals surface area contributed by atoms with Crippen molar-refractivity contribution in [2.75, 3.05) is 38.6 Å². The van der Waals surface area contributed by atoms with Gasteiger partial charge in [0.15, 0.2) is 11.0 Å². The highest BCUT2D eigenvalue weighted by atomic mass is 32.2. The molecule has 1 saturated heterocycles. The van der Waals surface area contributed by atoms with Crippen molar-refractivity contribution in [3.05, 3.63) is 16.5 Å². The van der Waals surface area contributed by atoms with Crippen LogP contribution in [-0.2, 0) is 29.4 Å². The van der Waals surface area contributed by atoms with Gasteiger partial charge < -0.3 is 14.6 Å². The number of aromatic nitrogens is 3. The van der Waals surface area contributed by atoms with E-state index in [0.29, 0.717) is 12.3 Å². The van der Waals surface area contributed by atoms with E-state index in [0.717, 1.165) is 43.2 Å². The summed E-state index contributed by atoms with van der Waals surface area (Å²) in [6.07, 6.45) is 4.91. The quantitative estimate of drug-likeness (QED) is 0.588. The average Bonchev–Trinajstić information content (AvgIpc) is 3.39. The molecule has 7 nitrogen and oxygen atoms in total. The number of nitrogens with one attached hydrogen (secondary N) is 1. The van der Waals surface area contributed by atoms with Gasteiger partial charge in [-0.05, 0) is 50.7 Å². The fourth-order valence-corrected chi connectivity index (χ4v) is 6.46. The smallest absolute Gasteiger partial charge is 0.230 e. The molecule has 2 aromatic rings. The molecular weight excluding hydrogens is 442 g/mol. The number of fused-ring (bicyclic) bond motifs is 1. The zero-order chi connectivity index (χ0) is 22.7. The normalized spacial score (nSPS) is 19.7. The Morgan fingerprint density at radius 2 is 2.12 bits per heavy atom. The zero-order valence-electron chi connectivity index (χ0n) is 19.6. The van der Waals surface area contributed by atoms with Gasteiger partial charge in [0.2, 0.25) is 5.91 Å². The van der Waals surface area contributed by atoms with Crippen molar-refractivity contribution in [2.24, 2.45) is 13.0 Å². The van der Waals surface area contributed by atoms with Gasteiger partial charge >= 0.3 is 0 Å². The Bertz CT molecular complexity index is 933. The number of aryl methyl sites for hydroxylation is 1. The van der Waals surface area contributed by atoms with Crippen molar-refractivity contribution in [1.29, 1.82) is 0 Å². The van der Waals surface area contributed by atoms with E-state index < -0.39 is 0 Å². The predicted molar refractivity (Wildman–Crippen MR) is 130 cm³/mol. The first-order valence-electron chi connectivity index (χ1n) is 11.6. The highest BCUT2D eigenvalue weighted by Gasteiger charge is 2.28. The molecule has 4 rings (SSSR count). The van der Waals surface area contributed by atoms with Crippen molar-refractivity contribution in [3.8, 4) is 10.7 Å². The monoisotopic (exact) mass is 477 g/mol. The van der Waals surface area contributed by atoms with Crippen LogP contribution in [0.3, 0.4) is 0 Å². The Morgan fingerprint density at radius 3 is 2.88 bits per heavy atom. The van der Waals surface area contributed by atoms with Crippen LogP contribution in [0, 0.1) is 5.92 Å². The van der Waals surface area contributed by atoms with E-state index >= 15 is 0 Å². The van der Waals surface area contributed by atoms with Crippen LogP contribution in [0.5, 0.6) is 0 Å². The van der Waals surface area contributed by atoms with Gasteiger partial charge in [0.25, 0.3) is 0 Å². The molecular formula is C23H35N5O2S2. The molecule has 0 unspecified atom stereocenters. The minimum Gasteiger partial charge on any atom is -0.379 e. The summed E-state index contributed by atoms with van der Waals surface area (Å²) >= 11 is 3.30. The number of carbonyl (C=O) groups is 1. The van der Waals surface area contributed by atoms with Gasteiger partial charge in [-0.15, -0.1) is 21.5 Å². The number of carbonyl (C=O) groups excluding carboxylic acids is 1. The summed E-state index contributed by atoms with van der Waals surface area (Å²) in [6, 6.07) is 2.31. The number of nitrogens with zero attached hydrogens (tertiary/aromatic N) is 4. The molecule has 1 amide bonds. The first kappa shape index (κ1) is 23.7. The lowest BCUT2D eigenvalue weighted by Gasteiger charge is -2.40. The van der Waals surface area contributed by atoms with E-state index in [4.69, 9.17) is 4.74 Å². The van der Waals surface area contributed by atoms with E-state index in [1.54, 1.807) is 0 Å². The zero-order valence-corrected chi connectivity index (χ0v) is 21.3. The minimum atomic E-state index is -0.0862. The van der Waals surface area contributed by atoms with E-state index in [9.17, 15) is 4.79 Å². The van der Waals surface area contributed by atoms with Crippen LogP contribution in [-0.4, -0.2) is 69.7 Å². The maximum atomic E-state index is 12.5. The molecule has 3 heterocycles. The van der Waals surface area contributed by atoms with Crippen LogP contribution >= 0.6 is 23.1 Å². The van der Waals surface area contributed by atoms with E-state index in [1.165, 1.54) is 52.8 Å². The summed E-state index contributed by atoms with van der Waals surface area (Å²) in [4.78, 5) is 17.6. The van der Waals surface area contributed by atoms with Gasteiger partial charge in [0.1, 0.15) is 0 Å². The molecule has 1 fully saturated rings. The molecule has 0 saturated carbocycles. The molecule has 9 heteroatoms. The lowest BCUT2D eigenvalue weighted by Crippen LogP contribution is -2.55. The second-order valence-corrected chi connectivity index (χ2v) is 11.5. The lowest BCUT2D eigenvalue weighted by molar-refractivity contribution is -0.119. The third-order valence-electron chi connectivity index (χ3n) is 6.74. The second kappa shape index (κ2) is 10.2. The summed E-state index contributed by atoms with van der Waals surface area (Å²) in [5.74, 6) is 2.07. The van der Waals surface area contributed by atoms with Gasteiger partial charge in [0, 0.05) is 37.1 Å². The highest BCUT2D eigenvalue weighted by Crippen LogP contribution is 2.38. The van der Waals surface area contributed by atoms with E-state index in [-0.39, 0.29) is 11.4 Å². The van der Waals surface area contributed by atoms with Crippen molar-refractivity contribution in [1.82, 2.24) is 25.0 Å². The number of morpholine rings is 1. The molecule has 1 N–H and O–H groups in total. The maximum Gasteiger partial charge on any atom is 0.230 e. The molecule has 1 atom stereocenters. The van der Waals surface area contributed by atoms with Crippen molar-refractivity contribution in [3.63, 3.8) is 0 Å². The summed E-state index contributed by atoms with van der Waals surface area (Å²) in [7, 11) is 1.99. The standard InChI is InChI=1S/C23H35N5O2S2/c1-5-16-6-7-18-17(12-16)13-19(32-18)21-25-26-22(27(21)4)31-14-20(29)24-15-23(2,3)28-8-10-30-11-9-28/h13,16H,5-12,14-15H2,1-4H3,(H,24,29)/t16-/m0/s1. The Balaban J connectivity index is 1.31. The summed E-state index contributed by atoms with van der Waals surface area (Å²) in [5.41, 5.74) is 1.40. The Morgan fingerprint density at radius 1 is 1.34 bits per heavy atom. The minimum absolute atomic E-state index is 0.0260. The molecule has 2 aliphatic rings. The number of hydrogen-bond acceptors (Lipinski definition) is 7. The molecule has 32 heavy (non-hydrogen) atoms. The fourth-order valence-electron chi connectivity index (χ4n) is 4.49. The maximum absolute atomic E-state index is 12.5. The van der Waals surface area contributed by atoms with Crippen LogP contribution in [0.15, 0.2) is 11.2 Å². The topological polar surface area (TPSA) is 72.3 Å². The van der Waals surface area contributed by atoms with Crippen LogP contribution in [0.2, 0.25) is 0 Å². The highest BCUT2D eigenvalue weighted by molar-refractivity contribution is 7.99. The molecule has 0 spiro atoms. The fraction of sp³-hybridized carbons (Fsp3) is 0.696. The summed E-state index contributed by atoms with van der Waals surface area (Å²) in [5, 5.41) is 12.7. The van der Waals surface area contributed by atoms with Gasteiger partial charge in [-0.25, -0.2) is 0 Å². The molecule has 0 aromatic carbocycles. The molecule has 1 aliphatic carbocycles. The van der Waals surface area contributed by atoms with E-state index in [1.807, 2.05) is 23.0 Å². The lowest BCUT2D eigenvalue weighted by atomic mass is 9.87. The number of hydrogen-bond donors (Lipinski definition) is 1. The third kappa shape index (κ3) is 5.38. The Kier molecular flexibility index (Phi) is 7.59. The summed E-state index contributed by atoms with van der Waals surface area (Å²) in [6.45, 7) is 10.6. The van der Waals surface area contributed by atoms with Gasteiger partial charge in [-0.1, -0.05) is 25.1 Å². The van der Waals surface area contributed by atoms with Crippen LogP contribution in [0.25, 0.3) is 10.7 Å². The molecule has 0 radical (unpaired) electrons. The largest absolute Gasteiger partial charge is 0.379 e. The molecule has 2 aromatic heterocycles. The second-order valence-electron chi connectivity index (χ2n) is 9.42. The SMILES string of the molecule is CC[C@H]1CCc2sc(-c3nnc(SCC(=O)NCC(C)(C)N4CCOCC4)n3C)cc2C1. The van der Waals surface area contributed by atoms with Crippen LogP contribution < -0.4 is 5.32 Å².